The predicted octanol–water partition coefficient (Wildman–Crippen LogP) is 3.09. The summed E-state index contributed by atoms with van der Waals surface area (Å²) in [4.78, 5) is 23.1. The van der Waals surface area contributed by atoms with Crippen molar-refractivity contribution in [2.45, 2.75) is 64.8 Å². The zero-order valence-corrected chi connectivity index (χ0v) is 13.9. The number of aromatic nitrogens is 1. The molecule has 0 radical (unpaired) electrons. The molecular formula is C17H26N2O4. The van der Waals surface area contributed by atoms with Gasteiger partial charge in [-0.3, -0.25) is 9.59 Å². The Labute approximate surface area is 136 Å². The lowest BCUT2D eigenvalue weighted by Crippen LogP contribution is -2.34. The van der Waals surface area contributed by atoms with Gasteiger partial charge in [0.15, 0.2) is 5.76 Å². The quantitative estimate of drug-likeness (QED) is 0.804. The van der Waals surface area contributed by atoms with Crippen LogP contribution < -0.4 is 5.32 Å². The Morgan fingerprint density at radius 2 is 1.87 bits per heavy atom. The maximum absolute atomic E-state index is 12.2. The van der Waals surface area contributed by atoms with Crippen LogP contribution in [0, 0.1) is 11.8 Å². The van der Waals surface area contributed by atoms with Crippen molar-refractivity contribution in [3.63, 3.8) is 0 Å². The first-order valence-corrected chi connectivity index (χ1v) is 8.51. The number of aliphatic carboxylic acids is 1. The minimum absolute atomic E-state index is 0.0191. The third-order valence-corrected chi connectivity index (χ3v) is 4.87. The first kappa shape index (κ1) is 17.5. The number of hydrogen-bond donors (Lipinski definition) is 2. The minimum Gasteiger partial charge on any atom is -0.481 e. The Bertz CT molecular complexity index is 528. The summed E-state index contributed by atoms with van der Waals surface area (Å²) in [5, 5.41) is 16.0. The summed E-state index contributed by atoms with van der Waals surface area (Å²) >= 11 is 0. The van der Waals surface area contributed by atoms with Gasteiger partial charge in [-0.2, -0.15) is 0 Å². The second kappa shape index (κ2) is 8.13. The Morgan fingerprint density at radius 1 is 1.26 bits per heavy atom. The van der Waals surface area contributed by atoms with E-state index in [1.807, 2.05) is 6.07 Å². The molecule has 1 aliphatic rings. The molecule has 1 saturated carbocycles. The molecule has 128 valence electrons. The Balaban J connectivity index is 1.80. The molecule has 1 aliphatic carbocycles. The van der Waals surface area contributed by atoms with Crippen molar-refractivity contribution < 1.29 is 19.2 Å². The summed E-state index contributed by atoms with van der Waals surface area (Å²) in [5.41, 5.74) is 0.946. The zero-order valence-electron chi connectivity index (χ0n) is 13.9. The van der Waals surface area contributed by atoms with E-state index in [0.717, 1.165) is 18.5 Å². The van der Waals surface area contributed by atoms with Gasteiger partial charge >= 0.3 is 5.97 Å². The van der Waals surface area contributed by atoms with E-state index in [0.29, 0.717) is 43.9 Å². The molecule has 1 aromatic heterocycles. The highest BCUT2D eigenvalue weighted by atomic mass is 16.5. The highest BCUT2D eigenvalue weighted by Crippen LogP contribution is 2.29. The van der Waals surface area contributed by atoms with Gasteiger partial charge in [-0.15, -0.1) is 0 Å². The van der Waals surface area contributed by atoms with Crippen molar-refractivity contribution in [3.05, 3.63) is 17.5 Å². The van der Waals surface area contributed by atoms with Crippen LogP contribution >= 0.6 is 0 Å². The average molecular weight is 322 g/mol. The molecule has 6 nitrogen and oxygen atoms in total. The van der Waals surface area contributed by atoms with Crippen LogP contribution in [-0.4, -0.2) is 22.1 Å². The number of carbonyl (C=O) groups is 2. The van der Waals surface area contributed by atoms with Crippen LogP contribution in [0.2, 0.25) is 0 Å². The van der Waals surface area contributed by atoms with Crippen LogP contribution in [0.5, 0.6) is 0 Å². The van der Waals surface area contributed by atoms with Gasteiger partial charge in [-0.25, -0.2) is 0 Å². The van der Waals surface area contributed by atoms with Gasteiger partial charge < -0.3 is 14.9 Å². The molecule has 0 aliphatic heterocycles. The normalized spacial score (nSPS) is 21.3. The van der Waals surface area contributed by atoms with E-state index in [4.69, 9.17) is 9.63 Å². The molecule has 2 N–H and O–H groups in total. The molecule has 1 aromatic rings. The molecule has 0 atom stereocenters. The van der Waals surface area contributed by atoms with Crippen molar-refractivity contribution >= 4 is 11.9 Å². The number of nitrogens with one attached hydrogen (secondary N) is 1. The predicted molar refractivity (Wildman–Crippen MR) is 84.8 cm³/mol. The van der Waals surface area contributed by atoms with E-state index in [1.54, 1.807) is 0 Å². The van der Waals surface area contributed by atoms with Gasteiger partial charge in [0.05, 0.1) is 18.2 Å². The number of amides is 1. The van der Waals surface area contributed by atoms with Crippen LogP contribution in [0.25, 0.3) is 0 Å². The summed E-state index contributed by atoms with van der Waals surface area (Å²) in [5.74, 6) is -0.0920. The van der Waals surface area contributed by atoms with E-state index in [9.17, 15) is 9.59 Å². The molecule has 0 spiro atoms. The maximum atomic E-state index is 12.2. The number of hydrogen-bond acceptors (Lipinski definition) is 4. The van der Waals surface area contributed by atoms with E-state index < -0.39 is 5.97 Å². The molecule has 1 amide bonds. The highest BCUT2D eigenvalue weighted by molar-refractivity contribution is 5.79. The van der Waals surface area contributed by atoms with Crippen LogP contribution in [0.1, 0.15) is 69.7 Å². The number of carboxylic acid groups (broad SMARTS) is 1. The van der Waals surface area contributed by atoms with E-state index in [2.05, 4.69) is 24.3 Å². The standard InChI is InChI=1S/C17H26N2O4/c1-3-11(4-2)15-9-14(23-19-15)10-18-16(20)12-5-7-13(8-6-12)17(21)22/h9,11-13H,3-8,10H2,1-2H3,(H,18,20)(H,21,22). The summed E-state index contributed by atoms with van der Waals surface area (Å²) in [6, 6.07) is 1.92. The SMILES string of the molecule is CCC(CC)c1cc(CNC(=O)C2CCC(C(=O)O)CC2)on1. The number of carbonyl (C=O) groups excluding carboxylic acids is 1. The van der Waals surface area contributed by atoms with E-state index in [1.165, 1.54) is 0 Å². The Hall–Kier alpha value is -1.85. The van der Waals surface area contributed by atoms with Gasteiger partial charge in [0.25, 0.3) is 0 Å². The highest BCUT2D eigenvalue weighted by Gasteiger charge is 2.29. The molecule has 0 unspecified atom stereocenters. The lowest BCUT2D eigenvalue weighted by molar-refractivity contribution is -0.144. The second-order valence-electron chi connectivity index (χ2n) is 6.34. The number of nitrogens with zero attached hydrogens (tertiary/aromatic N) is 1. The zero-order chi connectivity index (χ0) is 16.8. The molecular weight excluding hydrogens is 296 g/mol. The van der Waals surface area contributed by atoms with Crippen molar-refractivity contribution in [1.82, 2.24) is 10.5 Å². The van der Waals surface area contributed by atoms with Crippen LogP contribution in [0.15, 0.2) is 10.6 Å². The van der Waals surface area contributed by atoms with Crippen LogP contribution in [0.4, 0.5) is 0 Å². The van der Waals surface area contributed by atoms with Gasteiger partial charge in [-0.05, 0) is 38.5 Å². The summed E-state index contributed by atoms with van der Waals surface area (Å²) in [6.07, 6.45) is 4.46. The smallest absolute Gasteiger partial charge is 0.306 e. The summed E-state index contributed by atoms with van der Waals surface area (Å²) in [7, 11) is 0. The van der Waals surface area contributed by atoms with Gasteiger partial charge in [0.1, 0.15) is 0 Å². The van der Waals surface area contributed by atoms with E-state index in [-0.39, 0.29) is 17.7 Å². The fourth-order valence-corrected chi connectivity index (χ4v) is 3.23. The Kier molecular flexibility index (Phi) is 6.19. The monoisotopic (exact) mass is 322 g/mol. The van der Waals surface area contributed by atoms with Crippen molar-refractivity contribution in [1.29, 1.82) is 0 Å². The summed E-state index contributed by atoms with van der Waals surface area (Å²) in [6.45, 7) is 4.58. The van der Waals surface area contributed by atoms with E-state index >= 15 is 0 Å². The minimum atomic E-state index is -0.751. The fourth-order valence-electron chi connectivity index (χ4n) is 3.23. The van der Waals surface area contributed by atoms with Gasteiger partial charge in [0, 0.05) is 17.9 Å². The topological polar surface area (TPSA) is 92.4 Å². The maximum Gasteiger partial charge on any atom is 0.306 e. The van der Waals surface area contributed by atoms with Crippen LogP contribution in [-0.2, 0) is 16.1 Å². The van der Waals surface area contributed by atoms with Gasteiger partial charge in [-0.1, -0.05) is 19.0 Å². The molecule has 1 fully saturated rings. The second-order valence-corrected chi connectivity index (χ2v) is 6.34. The average Bonchev–Trinajstić information content (AvgIpc) is 3.02. The molecule has 23 heavy (non-hydrogen) atoms. The molecule has 2 rings (SSSR count). The van der Waals surface area contributed by atoms with Gasteiger partial charge in [0.2, 0.25) is 5.91 Å². The van der Waals surface area contributed by atoms with Crippen molar-refractivity contribution in [2.75, 3.05) is 0 Å². The number of carboxylic acids is 1. The Morgan fingerprint density at radius 3 is 2.43 bits per heavy atom. The third-order valence-electron chi connectivity index (χ3n) is 4.87. The molecule has 0 bridgehead atoms. The lowest BCUT2D eigenvalue weighted by Gasteiger charge is -2.24. The molecule has 0 saturated heterocycles. The first-order chi connectivity index (χ1) is 11.0. The molecule has 1 heterocycles. The fraction of sp³-hybridized carbons (Fsp3) is 0.706. The van der Waals surface area contributed by atoms with Crippen LogP contribution in [0.3, 0.4) is 0 Å². The number of rotatable bonds is 7. The largest absolute Gasteiger partial charge is 0.481 e. The third kappa shape index (κ3) is 4.56. The summed E-state index contributed by atoms with van der Waals surface area (Å²) < 4.78 is 5.29. The van der Waals surface area contributed by atoms with Crippen molar-refractivity contribution in [2.24, 2.45) is 11.8 Å². The lowest BCUT2D eigenvalue weighted by atomic mass is 9.81. The molecule has 6 heteroatoms. The molecule has 0 aromatic carbocycles. The van der Waals surface area contributed by atoms with Crippen molar-refractivity contribution in [3.8, 4) is 0 Å². The first-order valence-electron chi connectivity index (χ1n) is 8.51.